The van der Waals surface area contributed by atoms with Gasteiger partial charge in [-0.2, -0.15) is 0 Å². The second kappa shape index (κ2) is 7.05. The molecule has 1 aromatic heterocycles. The normalized spacial score (nSPS) is 12.2. The van der Waals surface area contributed by atoms with E-state index in [0.29, 0.717) is 11.4 Å². The van der Waals surface area contributed by atoms with Crippen LogP contribution in [0, 0.1) is 0 Å². The minimum atomic E-state index is 0.0420. The standard InChI is InChI=1S/C16H19ClN2OS/c1-4-11(2)19(3)16(20)13-7-5-6-12(8-13)15-18-14(9-17)10-21-15/h5-8,10-11H,4,9H2,1-3H3. The van der Waals surface area contributed by atoms with Crippen LogP contribution in [0.4, 0.5) is 0 Å². The Hall–Kier alpha value is -1.39. The molecular formula is C16H19ClN2OS. The summed E-state index contributed by atoms with van der Waals surface area (Å²) < 4.78 is 0. The SMILES string of the molecule is CCC(C)N(C)C(=O)c1cccc(-c2nc(CCl)cs2)c1. The number of carbonyl (C=O) groups is 1. The van der Waals surface area contributed by atoms with Gasteiger partial charge in [-0.25, -0.2) is 4.98 Å². The van der Waals surface area contributed by atoms with Gasteiger partial charge in [-0.1, -0.05) is 19.1 Å². The number of rotatable bonds is 5. The van der Waals surface area contributed by atoms with Crippen molar-refractivity contribution in [1.29, 1.82) is 0 Å². The summed E-state index contributed by atoms with van der Waals surface area (Å²) in [6.07, 6.45) is 0.938. The number of amides is 1. The van der Waals surface area contributed by atoms with E-state index in [1.807, 2.05) is 36.7 Å². The second-order valence-electron chi connectivity index (χ2n) is 5.03. The van der Waals surface area contributed by atoms with Crippen molar-refractivity contribution in [3.63, 3.8) is 0 Å². The maximum absolute atomic E-state index is 12.5. The van der Waals surface area contributed by atoms with Gasteiger partial charge < -0.3 is 4.90 Å². The van der Waals surface area contributed by atoms with E-state index in [2.05, 4.69) is 18.8 Å². The van der Waals surface area contributed by atoms with E-state index in [4.69, 9.17) is 11.6 Å². The van der Waals surface area contributed by atoms with Crippen LogP contribution < -0.4 is 0 Å². The van der Waals surface area contributed by atoms with Gasteiger partial charge in [0.2, 0.25) is 0 Å². The van der Waals surface area contributed by atoms with Crippen molar-refractivity contribution in [1.82, 2.24) is 9.88 Å². The zero-order valence-corrected chi connectivity index (χ0v) is 14.0. The van der Waals surface area contributed by atoms with Crippen LogP contribution in [0.1, 0.15) is 36.3 Å². The molecule has 0 radical (unpaired) electrons. The first kappa shape index (κ1) is 16.0. The molecule has 2 aromatic rings. The van der Waals surface area contributed by atoms with Crippen molar-refractivity contribution in [2.75, 3.05) is 7.05 Å². The number of aromatic nitrogens is 1. The fraction of sp³-hybridized carbons (Fsp3) is 0.375. The van der Waals surface area contributed by atoms with Gasteiger partial charge in [0.05, 0.1) is 11.6 Å². The largest absolute Gasteiger partial charge is 0.339 e. The van der Waals surface area contributed by atoms with Gasteiger partial charge >= 0.3 is 0 Å². The molecule has 0 aliphatic heterocycles. The van der Waals surface area contributed by atoms with E-state index >= 15 is 0 Å². The summed E-state index contributed by atoms with van der Waals surface area (Å²) in [5, 5.41) is 2.84. The molecule has 1 amide bonds. The first-order valence-corrected chi connectivity index (χ1v) is 8.36. The molecule has 1 aromatic carbocycles. The Morgan fingerprint density at radius 2 is 2.24 bits per heavy atom. The molecule has 1 atom stereocenters. The third kappa shape index (κ3) is 3.63. The van der Waals surface area contributed by atoms with Gasteiger partial charge in [0, 0.05) is 29.6 Å². The van der Waals surface area contributed by atoms with Crippen LogP contribution in [0.2, 0.25) is 0 Å². The van der Waals surface area contributed by atoms with E-state index in [-0.39, 0.29) is 11.9 Å². The molecule has 2 rings (SSSR count). The Morgan fingerprint density at radius 1 is 1.48 bits per heavy atom. The number of thiazole rings is 1. The highest BCUT2D eigenvalue weighted by molar-refractivity contribution is 7.13. The van der Waals surface area contributed by atoms with Gasteiger partial charge in [-0.3, -0.25) is 4.79 Å². The average Bonchev–Trinajstić information content (AvgIpc) is 3.02. The number of hydrogen-bond acceptors (Lipinski definition) is 3. The first-order chi connectivity index (χ1) is 10.1. The summed E-state index contributed by atoms with van der Waals surface area (Å²) in [6, 6.07) is 7.84. The lowest BCUT2D eigenvalue weighted by Gasteiger charge is -2.24. The van der Waals surface area contributed by atoms with Crippen molar-refractivity contribution in [3.8, 4) is 10.6 Å². The summed E-state index contributed by atoms with van der Waals surface area (Å²) in [6.45, 7) is 4.13. The molecule has 1 unspecified atom stereocenters. The molecule has 0 bridgehead atoms. The second-order valence-corrected chi connectivity index (χ2v) is 6.16. The van der Waals surface area contributed by atoms with E-state index in [1.165, 1.54) is 0 Å². The molecular weight excluding hydrogens is 304 g/mol. The van der Waals surface area contributed by atoms with Crippen LogP contribution in [0.5, 0.6) is 0 Å². The number of alkyl halides is 1. The van der Waals surface area contributed by atoms with Crippen LogP contribution in [0.15, 0.2) is 29.6 Å². The Morgan fingerprint density at radius 3 is 2.86 bits per heavy atom. The molecule has 5 heteroatoms. The molecule has 0 saturated heterocycles. The van der Waals surface area contributed by atoms with E-state index < -0.39 is 0 Å². The summed E-state index contributed by atoms with van der Waals surface area (Å²) in [5.74, 6) is 0.451. The highest BCUT2D eigenvalue weighted by Gasteiger charge is 2.17. The fourth-order valence-corrected chi connectivity index (χ4v) is 3.01. The van der Waals surface area contributed by atoms with Crippen molar-refractivity contribution < 1.29 is 4.79 Å². The third-order valence-electron chi connectivity index (χ3n) is 3.62. The Labute approximate surface area is 134 Å². The van der Waals surface area contributed by atoms with Crippen LogP contribution in [0.3, 0.4) is 0 Å². The molecule has 0 N–H and O–H groups in total. The number of carbonyl (C=O) groups excluding carboxylic acids is 1. The van der Waals surface area contributed by atoms with Crippen LogP contribution in [-0.4, -0.2) is 28.9 Å². The maximum Gasteiger partial charge on any atom is 0.253 e. The highest BCUT2D eigenvalue weighted by Crippen LogP contribution is 2.25. The molecule has 0 spiro atoms. The van der Waals surface area contributed by atoms with Crippen LogP contribution in [-0.2, 0) is 5.88 Å². The van der Waals surface area contributed by atoms with E-state index in [9.17, 15) is 4.79 Å². The summed E-state index contributed by atoms with van der Waals surface area (Å²) >= 11 is 7.33. The van der Waals surface area contributed by atoms with E-state index in [0.717, 1.165) is 22.7 Å². The minimum absolute atomic E-state index is 0.0420. The fourth-order valence-electron chi connectivity index (χ4n) is 1.96. The van der Waals surface area contributed by atoms with Gasteiger partial charge in [-0.15, -0.1) is 22.9 Å². The molecule has 21 heavy (non-hydrogen) atoms. The van der Waals surface area contributed by atoms with E-state index in [1.54, 1.807) is 16.2 Å². The molecule has 0 saturated carbocycles. The number of nitrogens with zero attached hydrogens (tertiary/aromatic N) is 2. The molecule has 0 aliphatic carbocycles. The Kier molecular flexibility index (Phi) is 5.37. The van der Waals surface area contributed by atoms with Crippen LogP contribution in [0.25, 0.3) is 10.6 Å². The van der Waals surface area contributed by atoms with Crippen molar-refractivity contribution in [3.05, 3.63) is 40.9 Å². The highest BCUT2D eigenvalue weighted by atomic mass is 35.5. The minimum Gasteiger partial charge on any atom is -0.339 e. The van der Waals surface area contributed by atoms with Gasteiger partial charge in [0.1, 0.15) is 5.01 Å². The lowest BCUT2D eigenvalue weighted by molar-refractivity contribution is 0.0740. The monoisotopic (exact) mass is 322 g/mol. The van der Waals surface area contributed by atoms with Gasteiger partial charge in [0.25, 0.3) is 5.91 Å². The smallest absolute Gasteiger partial charge is 0.253 e. The van der Waals surface area contributed by atoms with Crippen molar-refractivity contribution >= 4 is 28.8 Å². The average molecular weight is 323 g/mol. The quantitative estimate of drug-likeness (QED) is 0.763. The lowest BCUT2D eigenvalue weighted by Crippen LogP contribution is -2.34. The first-order valence-electron chi connectivity index (χ1n) is 6.94. The molecule has 0 fully saturated rings. The third-order valence-corrected chi connectivity index (χ3v) is 4.83. The Balaban J connectivity index is 2.27. The summed E-state index contributed by atoms with van der Waals surface area (Å²) in [7, 11) is 1.85. The van der Waals surface area contributed by atoms with Crippen molar-refractivity contribution in [2.24, 2.45) is 0 Å². The van der Waals surface area contributed by atoms with Crippen molar-refractivity contribution in [2.45, 2.75) is 32.2 Å². The predicted octanol–water partition coefficient (Wildman–Crippen LogP) is 4.42. The predicted molar refractivity (Wildman–Crippen MR) is 89.0 cm³/mol. The number of hydrogen-bond donors (Lipinski definition) is 0. The number of benzene rings is 1. The zero-order chi connectivity index (χ0) is 15.4. The maximum atomic E-state index is 12.5. The molecule has 0 aliphatic rings. The molecule has 112 valence electrons. The lowest BCUT2D eigenvalue weighted by atomic mass is 10.1. The summed E-state index contributed by atoms with van der Waals surface area (Å²) in [5.41, 5.74) is 2.52. The Bertz CT molecular complexity index is 626. The zero-order valence-electron chi connectivity index (χ0n) is 12.5. The van der Waals surface area contributed by atoms with Gasteiger partial charge in [0.15, 0.2) is 0 Å². The van der Waals surface area contributed by atoms with Gasteiger partial charge in [-0.05, 0) is 25.5 Å². The molecule has 3 nitrogen and oxygen atoms in total. The van der Waals surface area contributed by atoms with Crippen LogP contribution >= 0.6 is 22.9 Å². The summed E-state index contributed by atoms with van der Waals surface area (Å²) in [4.78, 5) is 18.7. The molecule has 1 heterocycles. The topological polar surface area (TPSA) is 33.2 Å². The number of halogens is 1.